The molecule has 0 unspecified atom stereocenters. The Labute approximate surface area is 219 Å². The number of rotatable bonds is 9. The fraction of sp³-hybridized carbons (Fsp3) is 0.417. The van der Waals surface area contributed by atoms with Crippen LogP contribution in [0.3, 0.4) is 0 Å². The van der Waals surface area contributed by atoms with E-state index < -0.39 is 16.0 Å². The van der Waals surface area contributed by atoms with Gasteiger partial charge in [0.05, 0.1) is 23.4 Å². The van der Waals surface area contributed by atoms with E-state index in [9.17, 15) is 22.4 Å². The van der Waals surface area contributed by atoms with Gasteiger partial charge in [-0.15, -0.1) is 0 Å². The number of likely N-dealkylation sites (tertiary alicyclic amines) is 1. The smallest absolute Gasteiger partial charge is 0.306 e. The molecule has 0 bridgehead atoms. The summed E-state index contributed by atoms with van der Waals surface area (Å²) in [6, 6.07) is 5.56. The van der Waals surface area contributed by atoms with Gasteiger partial charge in [0.1, 0.15) is 11.4 Å². The lowest BCUT2D eigenvalue weighted by Crippen LogP contribution is -2.41. The minimum absolute atomic E-state index is 0.00146. The maximum Gasteiger partial charge on any atom is 0.306 e. The summed E-state index contributed by atoms with van der Waals surface area (Å²) in [5.41, 5.74) is 0.592. The molecule has 0 spiro atoms. The van der Waals surface area contributed by atoms with E-state index in [4.69, 9.17) is 32.1 Å². The van der Waals surface area contributed by atoms with Crippen molar-refractivity contribution in [3.8, 4) is 11.5 Å². The van der Waals surface area contributed by atoms with Gasteiger partial charge in [-0.2, -0.15) is 8.42 Å². The second-order valence-electron chi connectivity index (χ2n) is 8.52. The normalized spacial score (nSPS) is 14.9. The van der Waals surface area contributed by atoms with E-state index >= 15 is 0 Å². The number of ketones is 1. The fourth-order valence-corrected chi connectivity index (χ4v) is 5.13. The first-order chi connectivity index (χ1) is 16.9. The molecular formula is C24H27Cl2FN2O6S. The first kappa shape index (κ1) is 28.2. The summed E-state index contributed by atoms with van der Waals surface area (Å²) in [6.07, 6.45) is 2.13. The van der Waals surface area contributed by atoms with Crippen LogP contribution in [0.1, 0.15) is 39.1 Å². The zero-order valence-corrected chi connectivity index (χ0v) is 22.4. The van der Waals surface area contributed by atoms with Crippen LogP contribution in [0, 0.1) is 18.7 Å². The highest BCUT2D eigenvalue weighted by Gasteiger charge is 2.30. The number of benzene rings is 2. The second kappa shape index (κ2) is 11.8. The molecule has 1 N–H and O–H groups in total. The van der Waals surface area contributed by atoms with Crippen molar-refractivity contribution in [1.29, 1.82) is 0 Å². The zero-order valence-electron chi connectivity index (χ0n) is 20.1. The van der Waals surface area contributed by atoms with Crippen LogP contribution in [0.5, 0.6) is 11.5 Å². The van der Waals surface area contributed by atoms with E-state index in [0.29, 0.717) is 43.6 Å². The lowest BCUT2D eigenvalue weighted by molar-refractivity contribution is 0.0839. The van der Waals surface area contributed by atoms with Gasteiger partial charge in [-0.1, -0.05) is 23.2 Å². The van der Waals surface area contributed by atoms with E-state index in [0.717, 1.165) is 6.26 Å². The Balaban J connectivity index is 1.63. The maximum absolute atomic E-state index is 13.1. The summed E-state index contributed by atoms with van der Waals surface area (Å²) in [4.78, 5) is 27.8. The summed E-state index contributed by atoms with van der Waals surface area (Å²) in [7, 11) is -2.70. The Morgan fingerprint density at radius 3 is 2.25 bits per heavy atom. The number of Topliss-reactive ketones (excluding diaryl/α,β-unsaturated/α-hetero) is 1. The molecule has 0 radical (unpaired) electrons. The van der Waals surface area contributed by atoms with Crippen molar-refractivity contribution in [3.63, 3.8) is 0 Å². The predicted molar refractivity (Wildman–Crippen MR) is 135 cm³/mol. The molecule has 1 aliphatic rings. The first-order valence-electron chi connectivity index (χ1n) is 11.2. The molecule has 8 nitrogen and oxygen atoms in total. The summed E-state index contributed by atoms with van der Waals surface area (Å²) in [5, 5.41) is 2.69. The molecule has 12 heteroatoms. The number of nitrogens with one attached hydrogen (secondary N) is 1. The van der Waals surface area contributed by atoms with Gasteiger partial charge in [0.2, 0.25) is 0 Å². The molecule has 0 atom stereocenters. The molecule has 2 aromatic rings. The van der Waals surface area contributed by atoms with Crippen molar-refractivity contribution in [3.05, 3.63) is 56.8 Å². The molecule has 1 aliphatic heterocycles. The quantitative estimate of drug-likeness (QED) is 0.363. The predicted octanol–water partition coefficient (Wildman–Crippen LogP) is 4.11. The Bertz CT molecular complexity index is 1250. The highest BCUT2D eigenvalue weighted by atomic mass is 35.5. The van der Waals surface area contributed by atoms with E-state index in [-0.39, 0.29) is 51.2 Å². The van der Waals surface area contributed by atoms with Crippen LogP contribution in [-0.2, 0) is 10.1 Å². The lowest BCUT2D eigenvalue weighted by atomic mass is 9.89. The van der Waals surface area contributed by atoms with Crippen molar-refractivity contribution >= 4 is 45.0 Å². The topological polar surface area (TPSA) is 102 Å². The van der Waals surface area contributed by atoms with E-state index in [1.54, 1.807) is 6.92 Å². The monoisotopic (exact) mass is 560 g/mol. The van der Waals surface area contributed by atoms with Crippen molar-refractivity contribution in [2.24, 2.45) is 5.92 Å². The number of nitrogens with zero attached hydrogens (tertiary/aromatic N) is 1. The highest BCUT2D eigenvalue weighted by molar-refractivity contribution is 7.86. The molecule has 2 aromatic carbocycles. The van der Waals surface area contributed by atoms with Crippen LogP contribution in [0.4, 0.5) is 4.39 Å². The number of hydrogen-bond acceptors (Lipinski definition) is 7. The number of halogens is 3. The summed E-state index contributed by atoms with van der Waals surface area (Å²) < 4.78 is 47.0. The van der Waals surface area contributed by atoms with Gasteiger partial charge in [-0.3, -0.25) is 9.59 Å². The summed E-state index contributed by atoms with van der Waals surface area (Å²) in [6.45, 7) is 3.60. The molecule has 1 fully saturated rings. The maximum atomic E-state index is 13.1. The Hall–Kier alpha value is -2.40. The number of amides is 1. The van der Waals surface area contributed by atoms with E-state index in [1.165, 1.54) is 31.4 Å². The third kappa shape index (κ3) is 6.67. The fourth-order valence-electron chi connectivity index (χ4n) is 4.07. The van der Waals surface area contributed by atoms with E-state index in [2.05, 4.69) is 10.2 Å². The number of piperidine rings is 1. The van der Waals surface area contributed by atoms with Gasteiger partial charge in [0, 0.05) is 24.6 Å². The number of carbonyl (C=O) groups is 2. The molecule has 0 aromatic heterocycles. The summed E-state index contributed by atoms with van der Waals surface area (Å²) in [5.74, 6) is -1.58. The molecule has 1 heterocycles. The van der Waals surface area contributed by atoms with Crippen LogP contribution >= 0.6 is 23.2 Å². The number of carbonyl (C=O) groups excluding carboxylic acids is 2. The SMILES string of the molecule is COc1c(Cl)c(C)c(Cl)c(OS(C)(=O)=O)c1C(=O)NCCN1CCC(C(=O)c2ccc(F)cc2)CC1. The largest absolute Gasteiger partial charge is 0.494 e. The Kier molecular flexibility index (Phi) is 9.21. The van der Waals surface area contributed by atoms with Gasteiger partial charge in [-0.05, 0) is 62.7 Å². The van der Waals surface area contributed by atoms with Crippen molar-refractivity contribution < 1.29 is 31.3 Å². The Morgan fingerprint density at radius 2 is 1.69 bits per heavy atom. The van der Waals surface area contributed by atoms with Gasteiger partial charge in [-0.25, -0.2) is 4.39 Å². The molecule has 3 rings (SSSR count). The second-order valence-corrected chi connectivity index (χ2v) is 10.9. The van der Waals surface area contributed by atoms with Crippen molar-refractivity contribution in [2.45, 2.75) is 19.8 Å². The molecule has 0 saturated carbocycles. The third-order valence-corrected chi connectivity index (χ3v) is 7.36. The first-order valence-corrected chi connectivity index (χ1v) is 13.8. The molecule has 1 saturated heterocycles. The van der Waals surface area contributed by atoms with E-state index in [1.807, 2.05) is 0 Å². The van der Waals surface area contributed by atoms with Crippen LogP contribution in [0.15, 0.2) is 24.3 Å². The minimum Gasteiger partial charge on any atom is -0.494 e. The van der Waals surface area contributed by atoms with Crippen LogP contribution in [-0.4, -0.2) is 64.6 Å². The average Bonchev–Trinajstić information content (AvgIpc) is 2.84. The lowest BCUT2D eigenvalue weighted by Gasteiger charge is -2.31. The standard InChI is InChI=1S/C24H27Cl2FN2O6S/c1-14-19(25)22(34-2)18(23(20(14)26)35-36(3,32)33)24(31)28-10-13-29-11-8-16(9-12-29)21(30)15-4-6-17(27)7-5-15/h4-7,16H,8-13H2,1-3H3,(H,28,31). The van der Waals surface area contributed by atoms with Gasteiger partial charge >= 0.3 is 10.1 Å². The highest BCUT2D eigenvalue weighted by Crippen LogP contribution is 2.44. The number of ether oxygens (including phenoxy) is 1. The zero-order chi connectivity index (χ0) is 26.6. The molecular weight excluding hydrogens is 534 g/mol. The summed E-state index contributed by atoms with van der Waals surface area (Å²) >= 11 is 12.6. The van der Waals surface area contributed by atoms with Gasteiger partial charge in [0.25, 0.3) is 5.91 Å². The minimum atomic E-state index is -4.00. The van der Waals surface area contributed by atoms with Crippen molar-refractivity contribution in [1.82, 2.24) is 10.2 Å². The molecule has 196 valence electrons. The van der Waals surface area contributed by atoms with Crippen molar-refractivity contribution in [2.75, 3.05) is 39.5 Å². The van der Waals surface area contributed by atoms with Crippen LogP contribution in [0.25, 0.3) is 0 Å². The Morgan fingerprint density at radius 1 is 1.11 bits per heavy atom. The number of hydrogen-bond donors (Lipinski definition) is 1. The van der Waals surface area contributed by atoms with Crippen LogP contribution in [0.2, 0.25) is 10.0 Å². The molecule has 1 amide bonds. The molecule has 0 aliphatic carbocycles. The molecule has 36 heavy (non-hydrogen) atoms. The average molecular weight is 561 g/mol. The third-order valence-electron chi connectivity index (χ3n) is 5.98. The van der Waals surface area contributed by atoms with Gasteiger partial charge < -0.3 is 19.1 Å². The number of methoxy groups -OCH3 is 1. The van der Waals surface area contributed by atoms with Crippen LogP contribution < -0.4 is 14.2 Å². The van der Waals surface area contributed by atoms with Gasteiger partial charge in [0.15, 0.2) is 17.3 Å².